The quantitative estimate of drug-likeness (QED) is 0.857. The summed E-state index contributed by atoms with van der Waals surface area (Å²) in [5, 5.41) is 2.76. The van der Waals surface area contributed by atoms with E-state index in [1.807, 2.05) is 19.1 Å². The first-order chi connectivity index (χ1) is 9.09. The number of aryl methyl sites for hydroxylation is 1. The lowest BCUT2D eigenvalue weighted by atomic mass is 10.0. The molecule has 0 bridgehead atoms. The molecule has 1 heterocycles. The smallest absolute Gasteiger partial charge is 0.255 e. The van der Waals surface area contributed by atoms with Crippen LogP contribution in [0.2, 0.25) is 0 Å². The first kappa shape index (κ1) is 13.0. The number of Topliss-reactive ketones (excluding diaryl/α,β-unsaturated/α-hetero) is 1. The molecular formula is C15H14N2O2. The Morgan fingerprint density at radius 1 is 1.11 bits per heavy atom. The number of anilines is 1. The average Bonchev–Trinajstić information content (AvgIpc) is 2.39. The largest absolute Gasteiger partial charge is 0.321 e. The predicted octanol–water partition coefficient (Wildman–Crippen LogP) is 2.84. The fourth-order valence-electron chi connectivity index (χ4n) is 1.94. The number of rotatable bonds is 3. The Balaban J connectivity index is 2.32. The summed E-state index contributed by atoms with van der Waals surface area (Å²) in [6.07, 6.45) is 3.11. The zero-order valence-electron chi connectivity index (χ0n) is 10.8. The highest BCUT2D eigenvalue weighted by Gasteiger charge is 2.13. The van der Waals surface area contributed by atoms with Crippen LogP contribution in [0.5, 0.6) is 0 Å². The zero-order chi connectivity index (χ0) is 13.8. The van der Waals surface area contributed by atoms with E-state index in [1.165, 1.54) is 6.92 Å². The predicted molar refractivity (Wildman–Crippen MR) is 73.4 cm³/mol. The molecule has 4 heteroatoms. The molecule has 4 nitrogen and oxygen atoms in total. The Kier molecular flexibility index (Phi) is 3.71. The third kappa shape index (κ3) is 2.85. The van der Waals surface area contributed by atoms with Crippen molar-refractivity contribution in [3.63, 3.8) is 0 Å². The van der Waals surface area contributed by atoms with Crippen molar-refractivity contribution in [3.05, 3.63) is 59.4 Å². The van der Waals surface area contributed by atoms with Gasteiger partial charge in [0.1, 0.15) is 0 Å². The minimum Gasteiger partial charge on any atom is -0.321 e. The maximum atomic E-state index is 12.1. The van der Waals surface area contributed by atoms with Crippen molar-refractivity contribution in [2.75, 3.05) is 5.32 Å². The van der Waals surface area contributed by atoms with Crippen LogP contribution in [0.1, 0.15) is 33.2 Å². The number of nitrogens with zero attached hydrogens (tertiary/aromatic N) is 1. The number of aromatic nitrogens is 1. The standard InChI is InChI=1S/C15H14N2O2/c1-10-4-3-5-13(14(10)11(2)18)17-15(19)12-6-8-16-9-7-12/h3-9H,1-2H3,(H,17,19). The van der Waals surface area contributed by atoms with Crippen LogP contribution in [0.4, 0.5) is 5.69 Å². The van der Waals surface area contributed by atoms with Crippen LogP contribution in [0.25, 0.3) is 0 Å². The second-order valence-electron chi connectivity index (χ2n) is 4.24. The van der Waals surface area contributed by atoms with E-state index in [2.05, 4.69) is 10.3 Å². The fraction of sp³-hybridized carbons (Fsp3) is 0.133. The third-order valence-corrected chi connectivity index (χ3v) is 2.82. The lowest BCUT2D eigenvalue weighted by Crippen LogP contribution is -2.15. The van der Waals surface area contributed by atoms with E-state index in [1.54, 1.807) is 30.6 Å². The highest BCUT2D eigenvalue weighted by molar-refractivity contribution is 6.09. The first-order valence-corrected chi connectivity index (χ1v) is 5.91. The van der Waals surface area contributed by atoms with Crippen molar-refractivity contribution in [1.82, 2.24) is 4.98 Å². The molecule has 0 aliphatic heterocycles. The molecule has 0 atom stereocenters. The Morgan fingerprint density at radius 2 is 1.79 bits per heavy atom. The molecule has 2 aromatic rings. The van der Waals surface area contributed by atoms with Gasteiger partial charge in [0.05, 0.1) is 5.69 Å². The number of amides is 1. The molecule has 1 aromatic heterocycles. The van der Waals surface area contributed by atoms with Crippen molar-refractivity contribution >= 4 is 17.4 Å². The van der Waals surface area contributed by atoms with Crippen molar-refractivity contribution in [3.8, 4) is 0 Å². The van der Waals surface area contributed by atoms with Gasteiger partial charge in [-0.25, -0.2) is 0 Å². The zero-order valence-corrected chi connectivity index (χ0v) is 10.8. The summed E-state index contributed by atoms with van der Waals surface area (Å²) < 4.78 is 0. The second-order valence-corrected chi connectivity index (χ2v) is 4.24. The number of nitrogens with one attached hydrogen (secondary N) is 1. The number of pyridine rings is 1. The lowest BCUT2D eigenvalue weighted by molar-refractivity contribution is 0.101. The number of hydrogen-bond acceptors (Lipinski definition) is 3. The van der Waals surface area contributed by atoms with Gasteiger partial charge in [-0.15, -0.1) is 0 Å². The SMILES string of the molecule is CC(=O)c1c(C)cccc1NC(=O)c1ccncc1. The molecule has 1 aromatic carbocycles. The Hall–Kier alpha value is -2.49. The molecule has 96 valence electrons. The molecule has 0 saturated carbocycles. The lowest BCUT2D eigenvalue weighted by Gasteiger charge is -2.11. The van der Waals surface area contributed by atoms with Gasteiger partial charge in [0.25, 0.3) is 5.91 Å². The highest BCUT2D eigenvalue weighted by Crippen LogP contribution is 2.20. The van der Waals surface area contributed by atoms with Crippen molar-refractivity contribution in [1.29, 1.82) is 0 Å². The second kappa shape index (κ2) is 5.44. The summed E-state index contributed by atoms with van der Waals surface area (Å²) in [5.41, 5.74) is 2.44. The fourth-order valence-corrected chi connectivity index (χ4v) is 1.94. The number of carbonyl (C=O) groups is 2. The summed E-state index contributed by atoms with van der Waals surface area (Å²) in [7, 11) is 0. The van der Waals surface area contributed by atoms with E-state index >= 15 is 0 Å². The van der Waals surface area contributed by atoms with Crippen LogP contribution < -0.4 is 5.32 Å². The number of ketones is 1. The molecule has 0 spiro atoms. The van der Waals surface area contributed by atoms with Gasteiger partial charge < -0.3 is 5.32 Å². The van der Waals surface area contributed by atoms with Gasteiger partial charge >= 0.3 is 0 Å². The van der Waals surface area contributed by atoms with Crippen LogP contribution in [0, 0.1) is 6.92 Å². The molecule has 0 fully saturated rings. The van der Waals surface area contributed by atoms with E-state index in [0.717, 1.165) is 5.56 Å². The first-order valence-electron chi connectivity index (χ1n) is 5.91. The summed E-state index contributed by atoms with van der Waals surface area (Å²) in [6, 6.07) is 8.63. The molecule has 1 N–H and O–H groups in total. The Morgan fingerprint density at radius 3 is 2.42 bits per heavy atom. The van der Waals surface area contributed by atoms with E-state index < -0.39 is 0 Å². The van der Waals surface area contributed by atoms with Crippen LogP contribution >= 0.6 is 0 Å². The maximum Gasteiger partial charge on any atom is 0.255 e. The topological polar surface area (TPSA) is 59.1 Å². The molecule has 0 radical (unpaired) electrons. The summed E-state index contributed by atoms with van der Waals surface area (Å²) in [4.78, 5) is 27.6. The average molecular weight is 254 g/mol. The Bertz CT molecular complexity index is 621. The third-order valence-electron chi connectivity index (χ3n) is 2.82. The molecule has 0 saturated heterocycles. The molecule has 0 aliphatic carbocycles. The number of carbonyl (C=O) groups excluding carboxylic acids is 2. The minimum atomic E-state index is -0.254. The number of benzene rings is 1. The highest BCUT2D eigenvalue weighted by atomic mass is 16.1. The van der Waals surface area contributed by atoms with E-state index in [-0.39, 0.29) is 11.7 Å². The van der Waals surface area contributed by atoms with Gasteiger partial charge in [-0.2, -0.15) is 0 Å². The van der Waals surface area contributed by atoms with Gasteiger partial charge in [0.2, 0.25) is 0 Å². The molecule has 0 aliphatic rings. The van der Waals surface area contributed by atoms with Crippen LogP contribution in [-0.2, 0) is 0 Å². The molecule has 1 amide bonds. The molecular weight excluding hydrogens is 240 g/mol. The van der Waals surface area contributed by atoms with E-state index in [4.69, 9.17) is 0 Å². The van der Waals surface area contributed by atoms with Gasteiger partial charge in [0, 0.05) is 23.5 Å². The summed E-state index contributed by atoms with van der Waals surface area (Å²) >= 11 is 0. The molecule has 2 rings (SSSR count). The van der Waals surface area contributed by atoms with Crippen LogP contribution in [0.3, 0.4) is 0 Å². The van der Waals surface area contributed by atoms with Crippen molar-refractivity contribution < 1.29 is 9.59 Å². The van der Waals surface area contributed by atoms with Crippen LogP contribution in [-0.4, -0.2) is 16.7 Å². The van der Waals surface area contributed by atoms with Gasteiger partial charge in [-0.3, -0.25) is 14.6 Å². The van der Waals surface area contributed by atoms with Gasteiger partial charge in [0.15, 0.2) is 5.78 Å². The normalized spacial score (nSPS) is 10.0. The van der Waals surface area contributed by atoms with E-state index in [9.17, 15) is 9.59 Å². The monoisotopic (exact) mass is 254 g/mol. The summed E-state index contributed by atoms with van der Waals surface area (Å²) in [5.74, 6) is -0.321. The minimum absolute atomic E-state index is 0.0665. The van der Waals surface area contributed by atoms with Gasteiger partial charge in [-0.05, 0) is 37.6 Å². The molecule has 0 unspecified atom stereocenters. The van der Waals surface area contributed by atoms with Crippen LogP contribution in [0.15, 0.2) is 42.7 Å². The Labute approximate surface area is 111 Å². The molecule has 19 heavy (non-hydrogen) atoms. The number of hydrogen-bond donors (Lipinski definition) is 1. The van der Waals surface area contributed by atoms with Crippen molar-refractivity contribution in [2.24, 2.45) is 0 Å². The van der Waals surface area contributed by atoms with E-state index in [0.29, 0.717) is 16.8 Å². The maximum absolute atomic E-state index is 12.1. The summed E-state index contributed by atoms with van der Waals surface area (Å²) in [6.45, 7) is 3.34. The van der Waals surface area contributed by atoms with Gasteiger partial charge in [-0.1, -0.05) is 12.1 Å². The van der Waals surface area contributed by atoms with Crippen molar-refractivity contribution in [2.45, 2.75) is 13.8 Å².